The van der Waals surface area contributed by atoms with Gasteiger partial charge in [0.25, 0.3) is 0 Å². The van der Waals surface area contributed by atoms with Crippen molar-refractivity contribution in [2.75, 3.05) is 18.6 Å². The van der Waals surface area contributed by atoms with Crippen molar-refractivity contribution in [3.05, 3.63) is 0 Å². The number of carboxylic acid groups (broad SMARTS) is 1. The molecule has 0 aromatic carbocycles. The minimum atomic E-state index is -1.04. The van der Waals surface area contributed by atoms with Crippen molar-refractivity contribution in [2.24, 2.45) is 0 Å². The summed E-state index contributed by atoms with van der Waals surface area (Å²) >= 11 is 1.49. The molecule has 1 saturated heterocycles. The molecule has 3 N–H and O–H groups in total. The third-order valence-corrected chi connectivity index (χ3v) is 3.60. The molecule has 3 atom stereocenters. The van der Waals surface area contributed by atoms with Gasteiger partial charge in [0, 0.05) is 12.3 Å². The first-order valence-electron chi connectivity index (χ1n) is 5.73. The summed E-state index contributed by atoms with van der Waals surface area (Å²) in [5, 5.41) is 21.2. The van der Waals surface area contributed by atoms with Crippen LogP contribution in [0.2, 0.25) is 0 Å². The Bertz CT molecular complexity index is 321. The average molecular weight is 277 g/mol. The number of carbonyl (C=O) groups is 2. The van der Waals surface area contributed by atoms with E-state index < -0.39 is 23.8 Å². The summed E-state index contributed by atoms with van der Waals surface area (Å²) in [6, 6.07) is 0. The molecule has 0 spiro atoms. The zero-order chi connectivity index (χ0) is 13.8. The van der Waals surface area contributed by atoms with E-state index >= 15 is 0 Å². The number of amides is 1. The molecular weight excluding hydrogens is 258 g/mol. The Morgan fingerprint density at radius 1 is 1.44 bits per heavy atom. The molecule has 0 saturated carbocycles. The van der Waals surface area contributed by atoms with Crippen molar-refractivity contribution >= 4 is 23.6 Å². The SMILES string of the molecule is CSCC(C)(O)CNC(=O)C1CCC(C(=O)O)O1. The molecule has 3 unspecified atom stereocenters. The minimum Gasteiger partial charge on any atom is -0.479 e. The number of hydrogen-bond acceptors (Lipinski definition) is 5. The van der Waals surface area contributed by atoms with E-state index in [1.165, 1.54) is 11.8 Å². The number of aliphatic carboxylic acids is 1. The van der Waals surface area contributed by atoms with Crippen LogP contribution in [0, 0.1) is 0 Å². The third kappa shape index (κ3) is 4.47. The Morgan fingerprint density at radius 2 is 2.06 bits per heavy atom. The molecule has 0 aliphatic carbocycles. The Kier molecular flexibility index (Phi) is 5.43. The average Bonchev–Trinajstić information content (AvgIpc) is 2.75. The molecule has 18 heavy (non-hydrogen) atoms. The molecule has 0 aromatic heterocycles. The maximum atomic E-state index is 11.7. The van der Waals surface area contributed by atoms with Crippen LogP contribution >= 0.6 is 11.8 Å². The van der Waals surface area contributed by atoms with Crippen molar-refractivity contribution in [1.82, 2.24) is 5.32 Å². The van der Waals surface area contributed by atoms with Crippen LogP contribution < -0.4 is 5.32 Å². The summed E-state index contributed by atoms with van der Waals surface area (Å²) in [5.74, 6) is -0.892. The zero-order valence-corrected chi connectivity index (χ0v) is 11.3. The first-order chi connectivity index (χ1) is 8.35. The highest BCUT2D eigenvalue weighted by Crippen LogP contribution is 2.20. The maximum absolute atomic E-state index is 11.7. The summed E-state index contributed by atoms with van der Waals surface area (Å²) in [6.45, 7) is 1.77. The number of carbonyl (C=O) groups excluding carboxylic acids is 1. The number of thioether (sulfide) groups is 1. The van der Waals surface area contributed by atoms with Crippen molar-refractivity contribution in [3.63, 3.8) is 0 Å². The molecule has 1 amide bonds. The lowest BCUT2D eigenvalue weighted by Crippen LogP contribution is -2.45. The highest BCUT2D eigenvalue weighted by molar-refractivity contribution is 7.98. The molecule has 1 rings (SSSR count). The van der Waals surface area contributed by atoms with E-state index in [4.69, 9.17) is 9.84 Å². The Balaban J connectivity index is 2.36. The van der Waals surface area contributed by atoms with Crippen LogP contribution in [0.3, 0.4) is 0 Å². The van der Waals surface area contributed by atoms with E-state index in [-0.39, 0.29) is 12.5 Å². The number of rotatable bonds is 6. The zero-order valence-electron chi connectivity index (χ0n) is 10.5. The van der Waals surface area contributed by atoms with Crippen molar-refractivity contribution in [2.45, 2.75) is 37.6 Å². The van der Waals surface area contributed by atoms with Crippen LogP contribution in [0.25, 0.3) is 0 Å². The first-order valence-corrected chi connectivity index (χ1v) is 7.12. The van der Waals surface area contributed by atoms with Crippen LogP contribution in [0.5, 0.6) is 0 Å². The predicted octanol–water partition coefficient (Wildman–Crippen LogP) is -0.151. The summed E-state index contributed by atoms with van der Waals surface area (Å²) in [7, 11) is 0. The largest absolute Gasteiger partial charge is 0.479 e. The van der Waals surface area contributed by atoms with Gasteiger partial charge in [-0.1, -0.05) is 0 Å². The molecule has 1 fully saturated rings. The van der Waals surface area contributed by atoms with E-state index in [0.29, 0.717) is 18.6 Å². The van der Waals surface area contributed by atoms with Crippen LogP contribution in [0.4, 0.5) is 0 Å². The third-order valence-electron chi connectivity index (χ3n) is 2.69. The fraction of sp³-hybridized carbons (Fsp3) is 0.818. The van der Waals surface area contributed by atoms with Gasteiger partial charge in [0.1, 0.15) is 6.10 Å². The van der Waals surface area contributed by atoms with E-state index in [9.17, 15) is 14.7 Å². The molecule has 1 aliphatic rings. The van der Waals surface area contributed by atoms with Gasteiger partial charge >= 0.3 is 5.97 Å². The smallest absolute Gasteiger partial charge is 0.332 e. The lowest BCUT2D eigenvalue weighted by Gasteiger charge is -2.23. The van der Waals surface area contributed by atoms with Crippen LogP contribution in [0.15, 0.2) is 0 Å². The second-order valence-electron chi connectivity index (χ2n) is 4.68. The summed E-state index contributed by atoms with van der Waals surface area (Å²) in [5.41, 5.74) is -0.972. The minimum absolute atomic E-state index is 0.129. The Morgan fingerprint density at radius 3 is 2.56 bits per heavy atom. The van der Waals surface area contributed by atoms with Crippen LogP contribution in [-0.2, 0) is 14.3 Å². The molecule has 7 heteroatoms. The molecule has 0 radical (unpaired) electrons. The first kappa shape index (κ1) is 15.3. The topological polar surface area (TPSA) is 95.9 Å². The van der Waals surface area contributed by atoms with Crippen LogP contribution in [-0.4, -0.2) is 58.5 Å². The van der Waals surface area contributed by atoms with E-state index in [1.807, 2.05) is 6.26 Å². The fourth-order valence-electron chi connectivity index (χ4n) is 1.77. The van der Waals surface area contributed by atoms with Gasteiger partial charge in [-0.2, -0.15) is 11.8 Å². The van der Waals surface area contributed by atoms with Gasteiger partial charge < -0.3 is 20.3 Å². The second kappa shape index (κ2) is 6.40. The van der Waals surface area contributed by atoms with E-state index in [0.717, 1.165) is 0 Å². The standard InChI is InChI=1S/C11H19NO5S/c1-11(16,6-18-2)5-12-9(13)7-3-4-8(17-7)10(14)15/h7-8,16H,3-6H2,1-2H3,(H,12,13)(H,14,15). The number of carboxylic acids is 1. The fourth-order valence-corrected chi connectivity index (χ4v) is 2.49. The number of nitrogens with one attached hydrogen (secondary N) is 1. The normalized spacial score (nSPS) is 26.6. The number of ether oxygens (including phenoxy) is 1. The Labute approximate surface area is 110 Å². The van der Waals surface area contributed by atoms with Gasteiger partial charge in [0.15, 0.2) is 6.10 Å². The number of hydrogen-bond donors (Lipinski definition) is 3. The molecule has 1 aliphatic heterocycles. The van der Waals surface area contributed by atoms with Gasteiger partial charge in [-0.15, -0.1) is 0 Å². The quantitative estimate of drug-likeness (QED) is 0.625. The maximum Gasteiger partial charge on any atom is 0.332 e. The summed E-state index contributed by atoms with van der Waals surface area (Å²) in [4.78, 5) is 22.4. The lowest BCUT2D eigenvalue weighted by molar-refractivity contribution is -0.152. The molecule has 104 valence electrons. The molecular formula is C11H19NO5S. The summed E-state index contributed by atoms with van der Waals surface area (Å²) in [6.07, 6.45) is 0.985. The van der Waals surface area contributed by atoms with Crippen molar-refractivity contribution < 1.29 is 24.5 Å². The number of aliphatic hydroxyl groups is 1. The monoisotopic (exact) mass is 277 g/mol. The van der Waals surface area contributed by atoms with Crippen molar-refractivity contribution in [3.8, 4) is 0 Å². The Hall–Kier alpha value is -0.790. The van der Waals surface area contributed by atoms with Crippen molar-refractivity contribution in [1.29, 1.82) is 0 Å². The van der Waals surface area contributed by atoms with Gasteiger partial charge in [0.05, 0.1) is 5.60 Å². The lowest BCUT2D eigenvalue weighted by atomic mass is 10.1. The highest BCUT2D eigenvalue weighted by Gasteiger charge is 2.35. The van der Waals surface area contributed by atoms with Gasteiger partial charge in [-0.3, -0.25) is 4.79 Å². The predicted molar refractivity (Wildman–Crippen MR) is 67.5 cm³/mol. The molecule has 6 nitrogen and oxygen atoms in total. The van der Waals surface area contributed by atoms with Gasteiger partial charge in [-0.25, -0.2) is 4.79 Å². The highest BCUT2D eigenvalue weighted by atomic mass is 32.2. The summed E-state index contributed by atoms with van der Waals surface area (Å²) < 4.78 is 5.11. The van der Waals surface area contributed by atoms with E-state index in [2.05, 4.69) is 5.32 Å². The molecule has 0 bridgehead atoms. The van der Waals surface area contributed by atoms with Crippen LogP contribution in [0.1, 0.15) is 19.8 Å². The van der Waals surface area contributed by atoms with Gasteiger partial charge in [0.2, 0.25) is 5.91 Å². The van der Waals surface area contributed by atoms with Gasteiger partial charge in [-0.05, 0) is 26.0 Å². The second-order valence-corrected chi connectivity index (χ2v) is 5.54. The molecule has 1 heterocycles. The van der Waals surface area contributed by atoms with E-state index in [1.54, 1.807) is 6.92 Å². The molecule has 0 aromatic rings.